The Morgan fingerprint density at radius 1 is 0.345 bits per heavy atom. The van der Waals surface area contributed by atoms with Crippen LogP contribution in [-0.2, 0) is 0 Å². The first kappa shape index (κ1) is 30.3. The highest BCUT2D eigenvalue weighted by Crippen LogP contribution is 2.45. The van der Waals surface area contributed by atoms with Crippen molar-refractivity contribution in [2.45, 2.75) is 0 Å². The Bertz CT molecular complexity index is 3510. The number of thiophene rings is 1. The van der Waals surface area contributed by atoms with Gasteiger partial charge in [0, 0.05) is 63.8 Å². The quantitative estimate of drug-likeness (QED) is 0.181. The molecule has 0 N–H and O–H groups in total. The van der Waals surface area contributed by atoms with E-state index in [0.717, 1.165) is 87.9 Å². The molecule has 0 bridgehead atoms. The molecule has 6 heteroatoms. The predicted molar refractivity (Wildman–Crippen MR) is 227 cm³/mol. The lowest BCUT2D eigenvalue weighted by atomic mass is 9.93. The van der Waals surface area contributed by atoms with Gasteiger partial charge in [-0.25, -0.2) is 15.0 Å². The average molecular weight is 722 g/mol. The van der Waals surface area contributed by atoms with E-state index in [1.54, 1.807) is 11.3 Å². The van der Waals surface area contributed by atoms with Crippen LogP contribution in [0, 0.1) is 0 Å². The van der Waals surface area contributed by atoms with Crippen LogP contribution in [0.25, 0.3) is 120 Å². The molecule has 0 aliphatic rings. The zero-order valence-corrected chi connectivity index (χ0v) is 30.0. The van der Waals surface area contributed by atoms with Crippen molar-refractivity contribution in [2.75, 3.05) is 0 Å². The third-order valence-corrected chi connectivity index (χ3v) is 11.9. The second-order valence-corrected chi connectivity index (χ2v) is 15.0. The molecule has 0 aliphatic carbocycles. The van der Waals surface area contributed by atoms with E-state index in [9.17, 15) is 0 Å². The van der Waals surface area contributed by atoms with Crippen LogP contribution in [0.15, 0.2) is 173 Å². The molecule has 12 rings (SSSR count). The van der Waals surface area contributed by atoms with Crippen LogP contribution in [0.3, 0.4) is 0 Å². The van der Waals surface area contributed by atoms with Crippen molar-refractivity contribution in [2.24, 2.45) is 0 Å². The summed E-state index contributed by atoms with van der Waals surface area (Å²) in [5.41, 5.74) is 8.19. The molecule has 5 nitrogen and oxygen atoms in total. The summed E-state index contributed by atoms with van der Waals surface area (Å²) in [5.74, 6) is 1.75. The second kappa shape index (κ2) is 11.7. The SMILES string of the molecule is c1ccc(-c2cccc3c2cc(-c2nc(-c4ccc5c(c4)oc4ccccc45)nc(-c4cccc5sc6ccccc6c45)n2)c2c4ccccc4oc32)cc1. The number of benzene rings is 8. The van der Waals surface area contributed by atoms with Crippen LogP contribution >= 0.6 is 11.3 Å². The lowest BCUT2D eigenvalue weighted by Crippen LogP contribution is -2.01. The molecule has 256 valence electrons. The summed E-state index contributed by atoms with van der Waals surface area (Å²) < 4.78 is 15.5. The third kappa shape index (κ3) is 4.62. The van der Waals surface area contributed by atoms with E-state index in [0.29, 0.717) is 17.5 Å². The standard InChI is InChI=1S/C49H27N3O2S/c1-2-12-28(13-3-1)30-17-10-18-33-37(30)27-38(45-34-15-5-8-21-40(34)54-46(33)45)49-51-47(29-24-25-32-31-14-4-7-20-39(31)53-41(32)26-29)50-48(52-49)36-19-11-23-43-44(36)35-16-6-9-22-42(35)55-43/h1-27H. The number of hydrogen-bond donors (Lipinski definition) is 0. The molecule has 0 radical (unpaired) electrons. The van der Waals surface area contributed by atoms with Gasteiger partial charge < -0.3 is 8.83 Å². The molecule has 12 aromatic rings. The molecule has 0 aliphatic heterocycles. The number of rotatable bonds is 4. The number of para-hydroxylation sites is 2. The van der Waals surface area contributed by atoms with Crippen LogP contribution in [-0.4, -0.2) is 15.0 Å². The lowest BCUT2D eigenvalue weighted by Gasteiger charge is -2.13. The molecule has 0 saturated heterocycles. The average Bonchev–Trinajstić information content (AvgIpc) is 3.95. The van der Waals surface area contributed by atoms with Crippen LogP contribution in [0.2, 0.25) is 0 Å². The number of nitrogens with zero attached hydrogens (tertiary/aromatic N) is 3. The lowest BCUT2D eigenvalue weighted by molar-refractivity contribution is 0.669. The molecule has 0 fully saturated rings. The Morgan fingerprint density at radius 2 is 0.982 bits per heavy atom. The van der Waals surface area contributed by atoms with Crippen LogP contribution in [0.5, 0.6) is 0 Å². The highest BCUT2D eigenvalue weighted by atomic mass is 32.1. The van der Waals surface area contributed by atoms with Crippen molar-refractivity contribution in [3.05, 3.63) is 164 Å². The molecule has 55 heavy (non-hydrogen) atoms. The van der Waals surface area contributed by atoms with Gasteiger partial charge in [0.05, 0.1) is 0 Å². The summed E-state index contributed by atoms with van der Waals surface area (Å²) >= 11 is 1.78. The van der Waals surface area contributed by atoms with E-state index in [1.807, 2.05) is 36.4 Å². The molecule has 0 amide bonds. The fraction of sp³-hybridized carbons (Fsp3) is 0. The summed E-state index contributed by atoms with van der Waals surface area (Å²) in [7, 11) is 0. The Balaban J connectivity index is 1.19. The van der Waals surface area contributed by atoms with Gasteiger partial charge in [-0.05, 0) is 59.0 Å². The Kier molecular flexibility index (Phi) is 6.44. The molecule has 0 atom stereocenters. The normalized spacial score (nSPS) is 12.0. The molecular formula is C49H27N3O2S. The highest BCUT2D eigenvalue weighted by Gasteiger charge is 2.23. The van der Waals surface area contributed by atoms with Crippen molar-refractivity contribution in [3.63, 3.8) is 0 Å². The van der Waals surface area contributed by atoms with Gasteiger partial charge in [-0.15, -0.1) is 11.3 Å². The van der Waals surface area contributed by atoms with Crippen LogP contribution in [0.4, 0.5) is 0 Å². The highest BCUT2D eigenvalue weighted by molar-refractivity contribution is 7.25. The van der Waals surface area contributed by atoms with E-state index in [-0.39, 0.29) is 0 Å². The zero-order chi connectivity index (χ0) is 36.0. The maximum Gasteiger partial charge on any atom is 0.164 e. The maximum atomic E-state index is 6.74. The summed E-state index contributed by atoms with van der Waals surface area (Å²) in [6.07, 6.45) is 0. The summed E-state index contributed by atoms with van der Waals surface area (Å²) in [6, 6.07) is 56.7. The van der Waals surface area contributed by atoms with Gasteiger partial charge in [-0.1, -0.05) is 121 Å². The van der Waals surface area contributed by atoms with Crippen molar-refractivity contribution in [1.29, 1.82) is 0 Å². The second-order valence-electron chi connectivity index (χ2n) is 13.9. The van der Waals surface area contributed by atoms with E-state index in [1.165, 1.54) is 14.8 Å². The number of furan rings is 2. The number of aromatic nitrogens is 3. The molecule has 0 saturated carbocycles. The van der Waals surface area contributed by atoms with Gasteiger partial charge in [0.1, 0.15) is 22.3 Å². The number of fused-ring (bicyclic) bond motifs is 11. The molecule has 0 spiro atoms. The Labute approximate surface area is 317 Å². The first-order valence-corrected chi connectivity index (χ1v) is 19.1. The minimum atomic E-state index is 0.566. The van der Waals surface area contributed by atoms with Crippen molar-refractivity contribution >= 4 is 86.2 Å². The molecule has 0 unspecified atom stereocenters. The summed E-state index contributed by atoms with van der Waals surface area (Å²) in [6.45, 7) is 0. The molecular weight excluding hydrogens is 695 g/mol. The fourth-order valence-electron chi connectivity index (χ4n) is 8.26. The Hall–Kier alpha value is -7.15. The maximum absolute atomic E-state index is 6.74. The third-order valence-electron chi connectivity index (χ3n) is 10.7. The van der Waals surface area contributed by atoms with E-state index >= 15 is 0 Å². The van der Waals surface area contributed by atoms with Crippen molar-refractivity contribution in [3.8, 4) is 45.3 Å². The van der Waals surface area contributed by atoms with Crippen LogP contribution < -0.4 is 0 Å². The monoisotopic (exact) mass is 721 g/mol. The summed E-state index contributed by atoms with van der Waals surface area (Å²) in [5, 5.41) is 8.55. The largest absolute Gasteiger partial charge is 0.456 e. The van der Waals surface area contributed by atoms with Gasteiger partial charge in [0.15, 0.2) is 17.5 Å². The van der Waals surface area contributed by atoms with Crippen molar-refractivity contribution in [1.82, 2.24) is 15.0 Å². The summed E-state index contributed by atoms with van der Waals surface area (Å²) in [4.78, 5) is 16.0. The van der Waals surface area contributed by atoms with Gasteiger partial charge in [0.25, 0.3) is 0 Å². The van der Waals surface area contributed by atoms with E-state index < -0.39 is 0 Å². The minimum Gasteiger partial charge on any atom is -0.456 e. The van der Waals surface area contributed by atoms with Crippen molar-refractivity contribution < 1.29 is 8.83 Å². The minimum absolute atomic E-state index is 0.566. The first-order valence-electron chi connectivity index (χ1n) is 18.3. The van der Waals surface area contributed by atoms with Gasteiger partial charge in [-0.3, -0.25) is 0 Å². The van der Waals surface area contributed by atoms with Crippen LogP contribution in [0.1, 0.15) is 0 Å². The van der Waals surface area contributed by atoms with Gasteiger partial charge in [-0.2, -0.15) is 0 Å². The van der Waals surface area contributed by atoms with E-state index in [4.69, 9.17) is 23.8 Å². The molecule has 4 heterocycles. The topological polar surface area (TPSA) is 65.0 Å². The smallest absolute Gasteiger partial charge is 0.164 e. The molecule has 4 aromatic heterocycles. The van der Waals surface area contributed by atoms with Gasteiger partial charge >= 0.3 is 0 Å². The number of hydrogen-bond acceptors (Lipinski definition) is 6. The fourth-order valence-corrected chi connectivity index (χ4v) is 9.39. The Morgan fingerprint density at radius 3 is 1.85 bits per heavy atom. The molecule has 8 aromatic carbocycles. The first-order chi connectivity index (χ1) is 27.2. The predicted octanol–water partition coefficient (Wildman–Crippen LogP) is 13.9. The zero-order valence-electron chi connectivity index (χ0n) is 29.2. The van der Waals surface area contributed by atoms with E-state index in [2.05, 4.69) is 127 Å². The van der Waals surface area contributed by atoms with Gasteiger partial charge in [0.2, 0.25) is 0 Å².